The van der Waals surface area contributed by atoms with E-state index in [0.717, 1.165) is 33.9 Å². The van der Waals surface area contributed by atoms with Crippen LogP contribution in [0.3, 0.4) is 0 Å². The Bertz CT molecular complexity index is 706. The molecule has 0 radical (unpaired) electrons. The Kier molecular flexibility index (Phi) is 4.00. The number of rotatable bonds is 5. The summed E-state index contributed by atoms with van der Waals surface area (Å²) in [4.78, 5) is 5.32. The molecular weight excluding hydrogens is 292 g/mol. The van der Waals surface area contributed by atoms with Gasteiger partial charge in [-0.1, -0.05) is 18.5 Å². The molecule has 0 bridgehead atoms. The largest absolute Gasteiger partial charge is 0.305 e. The molecule has 3 aromatic rings. The molecule has 0 saturated carbocycles. The van der Waals surface area contributed by atoms with Crippen LogP contribution in [0.4, 0.5) is 0 Å². The van der Waals surface area contributed by atoms with Crippen LogP contribution in [0.5, 0.6) is 0 Å². The highest BCUT2D eigenvalue weighted by Crippen LogP contribution is 2.34. The van der Waals surface area contributed by atoms with Crippen LogP contribution < -0.4 is 5.32 Å². The van der Waals surface area contributed by atoms with E-state index in [2.05, 4.69) is 22.3 Å². The lowest BCUT2D eigenvalue weighted by atomic mass is 10.1. The number of hydrogen-bond acceptors (Lipinski definition) is 4. The number of fused-ring (bicyclic) bond motifs is 1. The second kappa shape index (κ2) is 5.91. The van der Waals surface area contributed by atoms with Crippen LogP contribution in [-0.4, -0.2) is 21.1 Å². The van der Waals surface area contributed by atoms with Crippen molar-refractivity contribution in [2.24, 2.45) is 0 Å². The van der Waals surface area contributed by atoms with Crippen molar-refractivity contribution in [1.29, 1.82) is 0 Å². The Labute approximate surface area is 126 Å². The van der Waals surface area contributed by atoms with E-state index in [9.17, 15) is 0 Å². The SMILES string of the molecule is CCCNC(c1sccc1Cl)c1cnn2ccncc12. The van der Waals surface area contributed by atoms with Gasteiger partial charge in [-0.15, -0.1) is 11.3 Å². The first-order chi connectivity index (χ1) is 9.81. The second-order valence-electron chi connectivity index (χ2n) is 4.53. The van der Waals surface area contributed by atoms with Crippen LogP contribution >= 0.6 is 22.9 Å². The summed E-state index contributed by atoms with van der Waals surface area (Å²) < 4.78 is 1.84. The van der Waals surface area contributed by atoms with E-state index >= 15 is 0 Å². The molecule has 0 fully saturated rings. The smallest absolute Gasteiger partial charge is 0.0896 e. The van der Waals surface area contributed by atoms with Gasteiger partial charge in [0.05, 0.1) is 29.0 Å². The van der Waals surface area contributed by atoms with E-state index in [1.54, 1.807) is 17.5 Å². The minimum Gasteiger partial charge on any atom is -0.305 e. The quantitative estimate of drug-likeness (QED) is 0.784. The summed E-state index contributed by atoms with van der Waals surface area (Å²) in [5, 5.41) is 10.8. The molecule has 1 atom stereocenters. The molecule has 6 heteroatoms. The van der Waals surface area contributed by atoms with E-state index < -0.39 is 0 Å². The van der Waals surface area contributed by atoms with Crippen molar-refractivity contribution in [2.75, 3.05) is 6.54 Å². The highest BCUT2D eigenvalue weighted by Gasteiger charge is 2.21. The Morgan fingerprint density at radius 1 is 1.45 bits per heavy atom. The number of thiophene rings is 1. The van der Waals surface area contributed by atoms with Gasteiger partial charge in [-0.2, -0.15) is 5.10 Å². The summed E-state index contributed by atoms with van der Waals surface area (Å²) in [5.74, 6) is 0. The second-order valence-corrected chi connectivity index (χ2v) is 5.88. The van der Waals surface area contributed by atoms with Gasteiger partial charge in [0.2, 0.25) is 0 Å². The van der Waals surface area contributed by atoms with E-state index in [-0.39, 0.29) is 6.04 Å². The van der Waals surface area contributed by atoms with E-state index in [1.165, 1.54) is 0 Å². The fourth-order valence-corrected chi connectivity index (χ4v) is 3.48. The molecule has 0 aromatic carbocycles. The van der Waals surface area contributed by atoms with Crippen molar-refractivity contribution in [2.45, 2.75) is 19.4 Å². The van der Waals surface area contributed by atoms with Gasteiger partial charge in [0.1, 0.15) is 0 Å². The number of nitrogens with zero attached hydrogens (tertiary/aromatic N) is 3. The first kappa shape index (κ1) is 13.5. The lowest BCUT2D eigenvalue weighted by Crippen LogP contribution is -2.22. The molecule has 20 heavy (non-hydrogen) atoms. The summed E-state index contributed by atoms with van der Waals surface area (Å²) in [6, 6.07) is 2.00. The molecule has 1 N–H and O–H groups in total. The average molecular weight is 307 g/mol. The van der Waals surface area contributed by atoms with Crippen LogP contribution in [0.25, 0.3) is 5.52 Å². The molecular formula is C14H15ClN4S. The lowest BCUT2D eigenvalue weighted by Gasteiger charge is -2.17. The third kappa shape index (κ3) is 2.44. The topological polar surface area (TPSA) is 42.2 Å². The number of aromatic nitrogens is 3. The van der Waals surface area contributed by atoms with Gasteiger partial charge in [0.15, 0.2) is 0 Å². The maximum Gasteiger partial charge on any atom is 0.0896 e. The van der Waals surface area contributed by atoms with Gasteiger partial charge in [-0.25, -0.2) is 4.52 Å². The number of hydrogen-bond donors (Lipinski definition) is 1. The molecule has 3 heterocycles. The molecule has 1 unspecified atom stereocenters. The predicted octanol–water partition coefficient (Wildman–Crippen LogP) is 3.53. The van der Waals surface area contributed by atoms with Crippen molar-refractivity contribution in [3.8, 4) is 0 Å². The van der Waals surface area contributed by atoms with Crippen molar-refractivity contribution in [3.05, 3.63) is 51.7 Å². The summed E-state index contributed by atoms with van der Waals surface area (Å²) in [5.41, 5.74) is 2.11. The van der Waals surface area contributed by atoms with E-state index in [4.69, 9.17) is 11.6 Å². The summed E-state index contributed by atoms with van der Waals surface area (Å²) in [6.07, 6.45) is 8.38. The maximum absolute atomic E-state index is 6.31. The third-order valence-electron chi connectivity index (χ3n) is 3.17. The number of halogens is 1. The minimum absolute atomic E-state index is 0.0594. The molecule has 0 spiro atoms. The fourth-order valence-electron chi connectivity index (χ4n) is 2.22. The molecule has 0 aliphatic carbocycles. The Hall–Kier alpha value is -1.43. The first-order valence-corrected chi connectivity index (χ1v) is 7.80. The normalized spacial score (nSPS) is 12.9. The molecule has 0 aliphatic rings. The molecule has 4 nitrogen and oxygen atoms in total. The summed E-state index contributed by atoms with van der Waals surface area (Å²) in [7, 11) is 0. The third-order valence-corrected chi connectivity index (χ3v) is 4.59. The van der Waals surface area contributed by atoms with Crippen molar-refractivity contribution in [3.63, 3.8) is 0 Å². The van der Waals surface area contributed by atoms with Gasteiger partial charge in [0.25, 0.3) is 0 Å². The van der Waals surface area contributed by atoms with Crippen LogP contribution in [0, 0.1) is 0 Å². The van der Waals surface area contributed by atoms with E-state index in [1.807, 2.05) is 34.6 Å². The highest BCUT2D eigenvalue weighted by molar-refractivity contribution is 7.10. The zero-order valence-electron chi connectivity index (χ0n) is 11.1. The zero-order chi connectivity index (χ0) is 13.9. The van der Waals surface area contributed by atoms with Crippen molar-refractivity contribution < 1.29 is 0 Å². The van der Waals surface area contributed by atoms with Gasteiger partial charge < -0.3 is 5.32 Å². The molecule has 104 valence electrons. The summed E-state index contributed by atoms with van der Waals surface area (Å²) in [6.45, 7) is 3.08. The molecule has 0 amide bonds. The monoisotopic (exact) mass is 306 g/mol. The van der Waals surface area contributed by atoms with Gasteiger partial charge in [-0.05, 0) is 24.4 Å². The first-order valence-electron chi connectivity index (χ1n) is 6.54. The zero-order valence-corrected chi connectivity index (χ0v) is 12.7. The molecule has 3 rings (SSSR count). The Morgan fingerprint density at radius 3 is 3.10 bits per heavy atom. The molecule has 3 aromatic heterocycles. The highest BCUT2D eigenvalue weighted by atomic mass is 35.5. The predicted molar refractivity (Wildman–Crippen MR) is 82.5 cm³/mol. The van der Waals surface area contributed by atoms with Crippen molar-refractivity contribution >= 4 is 28.5 Å². The van der Waals surface area contributed by atoms with Gasteiger partial charge in [0, 0.05) is 22.8 Å². The van der Waals surface area contributed by atoms with Crippen LogP contribution in [0.2, 0.25) is 5.02 Å². The fraction of sp³-hybridized carbons (Fsp3) is 0.286. The standard InChI is InChI=1S/C14H15ClN4S/c1-2-4-17-13(14-11(15)3-7-20-14)10-8-18-19-6-5-16-9-12(10)19/h3,5-9,13,17H,2,4H2,1H3. The van der Waals surface area contributed by atoms with Crippen LogP contribution in [0.1, 0.15) is 29.8 Å². The molecule has 0 saturated heterocycles. The Morgan fingerprint density at radius 2 is 2.35 bits per heavy atom. The number of nitrogens with one attached hydrogen (secondary N) is 1. The van der Waals surface area contributed by atoms with Gasteiger partial charge >= 0.3 is 0 Å². The van der Waals surface area contributed by atoms with Crippen LogP contribution in [0.15, 0.2) is 36.2 Å². The Balaban J connectivity index is 2.07. The van der Waals surface area contributed by atoms with E-state index in [0.29, 0.717) is 0 Å². The summed E-state index contributed by atoms with van der Waals surface area (Å²) >= 11 is 7.97. The van der Waals surface area contributed by atoms with Crippen LogP contribution in [-0.2, 0) is 0 Å². The van der Waals surface area contributed by atoms with Gasteiger partial charge in [-0.3, -0.25) is 4.98 Å². The minimum atomic E-state index is 0.0594. The maximum atomic E-state index is 6.31. The lowest BCUT2D eigenvalue weighted by molar-refractivity contribution is 0.609. The average Bonchev–Trinajstić information content (AvgIpc) is 3.07. The van der Waals surface area contributed by atoms with Crippen molar-refractivity contribution in [1.82, 2.24) is 19.9 Å². The molecule has 0 aliphatic heterocycles.